The number of hydrogen-bond donors (Lipinski definition) is 1. The molecule has 118 valence electrons. The van der Waals surface area contributed by atoms with E-state index in [0.717, 1.165) is 36.1 Å². The zero-order valence-corrected chi connectivity index (χ0v) is 14.2. The topological polar surface area (TPSA) is 41.1 Å². The fourth-order valence-corrected chi connectivity index (χ4v) is 2.34. The van der Waals surface area contributed by atoms with Crippen molar-refractivity contribution < 1.29 is 0 Å². The Bertz CT molecular complexity index is 624. The van der Waals surface area contributed by atoms with Gasteiger partial charge in [-0.25, -0.2) is 4.98 Å². The Labute approximate surface area is 133 Å². The molecule has 1 aromatic heterocycles. The third-order valence-corrected chi connectivity index (χ3v) is 3.72. The molecule has 4 nitrogen and oxygen atoms in total. The van der Waals surface area contributed by atoms with Crippen LogP contribution in [-0.2, 0) is 0 Å². The van der Waals surface area contributed by atoms with Crippen LogP contribution < -0.4 is 10.2 Å². The Balaban J connectivity index is 2.36. The van der Waals surface area contributed by atoms with Crippen molar-refractivity contribution in [2.75, 3.05) is 16.8 Å². The molecule has 0 bridgehead atoms. The van der Waals surface area contributed by atoms with E-state index in [-0.39, 0.29) is 0 Å². The highest BCUT2D eigenvalue weighted by Crippen LogP contribution is 2.24. The average Bonchev–Trinajstić information content (AvgIpc) is 2.47. The van der Waals surface area contributed by atoms with Crippen LogP contribution in [0, 0.1) is 13.8 Å². The molecule has 0 aliphatic carbocycles. The second-order valence-corrected chi connectivity index (χ2v) is 5.73. The van der Waals surface area contributed by atoms with E-state index >= 15 is 0 Å². The molecule has 1 unspecified atom stereocenters. The summed E-state index contributed by atoms with van der Waals surface area (Å²) in [6.07, 6.45) is 1.06. The monoisotopic (exact) mass is 298 g/mol. The lowest BCUT2D eigenvalue weighted by molar-refractivity contribution is 0.757. The second-order valence-electron chi connectivity index (χ2n) is 5.73. The van der Waals surface area contributed by atoms with E-state index in [0.29, 0.717) is 6.04 Å². The summed E-state index contributed by atoms with van der Waals surface area (Å²) < 4.78 is 0. The van der Waals surface area contributed by atoms with Gasteiger partial charge in [-0.05, 0) is 51.8 Å². The summed E-state index contributed by atoms with van der Waals surface area (Å²) in [7, 11) is 0. The number of rotatable bonds is 6. The van der Waals surface area contributed by atoms with Gasteiger partial charge in [0.2, 0.25) is 5.95 Å². The highest BCUT2D eigenvalue weighted by atomic mass is 15.3. The molecule has 0 aliphatic rings. The van der Waals surface area contributed by atoms with E-state index in [9.17, 15) is 0 Å². The molecule has 1 N–H and O–H groups in total. The zero-order valence-electron chi connectivity index (χ0n) is 14.2. The third kappa shape index (κ3) is 3.97. The first kappa shape index (κ1) is 16.3. The lowest BCUT2D eigenvalue weighted by Gasteiger charge is -2.23. The van der Waals surface area contributed by atoms with Gasteiger partial charge in [0, 0.05) is 30.0 Å². The van der Waals surface area contributed by atoms with Gasteiger partial charge < -0.3 is 10.2 Å². The number of aromatic nitrogens is 2. The second kappa shape index (κ2) is 7.25. The van der Waals surface area contributed by atoms with Crippen molar-refractivity contribution in [3.63, 3.8) is 0 Å². The van der Waals surface area contributed by atoms with Gasteiger partial charge in [0.25, 0.3) is 0 Å². The normalized spacial score (nSPS) is 12.0. The molecular formula is C18H26N4. The minimum Gasteiger partial charge on any atom is -0.367 e. The van der Waals surface area contributed by atoms with Crippen molar-refractivity contribution in [1.29, 1.82) is 0 Å². The van der Waals surface area contributed by atoms with Gasteiger partial charge in [-0.3, -0.25) is 0 Å². The molecule has 0 amide bonds. The Morgan fingerprint density at radius 2 is 1.91 bits per heavy atom. The maximum atomic E-state index is 4.70. The van der Waals surface area contributed by atoms with Crippen LogP contribution in [0.25, 0.3) is 0 Å². The summed E-state index contributed by atoms with van der Waals surface area (Å²) in [6.45, 7) is 11.4. The molecule has 1 atom stereocenters. The van der Waals surface area contributed by atoms with E-state index in [1.54, 1.807) is 0 Å². The number of anilines is 3. The van der Waals surface area contributed by atoms with Crippen molar-refractivity contribution in [1.82, 2.24) is 9.97 Å². The van der Waals surface area contributed by atoms with E-state index in [2.05, 4.69) is 67.2 Å². The minimum atomic E-state index is 0.399. The SMILES string of the molecule is CCC(C)Nc1cc(C)nc(N(CC)c2cccc(C)c2)n1. The van der Waals surface area contributed by atoms with E-state index in [1.807, 2.05) is 13.0 Å². The molecule has 0 aliphatic heterocycles. The standard InChI is InChI=1S/C18H26N4/c1-6-14(4)19-17-12-15(5)20-18(21-17)22(7-2)16-10-8-9-13(3)11-16/h8-12,14H,6-7H2,1-5H3,(H,19,20,21). The number of hydrogen-bond acceptors (Lipinski definition) is 4. The summed E-state index contributed by atoms with van der Waals surface area (Å²) in [5.74, 6) is 1.64. The van der Waals surface area contributed by atoms with Crippen molar-refractivity contribution in [2.24, 2.45) is 0 Å². The predicted molar refractivity (Wildman–Crippen MR) is 94.0 cm³/mol. The van der Waals surface area contributed by atoms with Gasteiger partial charge in [-0.1, -0.05) is 19.1 Å². The first-order valence-corrected chi connectivity index (χ1v) is 8.00. The summed E-state index contributed by atoms with van der Waals surface area (Å²) >= 11 is 0. The Kier molecular flexibility index (Phi) is 5.36. The molecular weight excluding hydrogens is 272 g/mol. The number of nitrogens with zero attached hydrogens (tertiary/aromatic N) is 3. The van der Waals surface area contributed by atoms with Crippen molar-refractivity contribution in [3.05, 3.63) is 41.6 Å². The number of nitrogens with one attached hydrogen (secondary N) is 1. The van der Waals surface area contributed by atoms with E-state index < -0.39 is 0 Å². The largest absolute Gasteiger partial charge is 0.367 e. The van der Waals surface area contributed by atoms with Gasteiger partial charge in [-0.2, -0.15) is 4.98 Å². The van der Waals surface area contributed by atoms with E-state index in [1.165, 1.54) is 5.56 Å². The van der Waals surface area contributed by atoms with Gasteiger partial charge in [0.05, 0.1) is 0 Å². The average molecular weight is 298 g/mol. The maximum absolute atomic E-state index is 4.70. The minimum absolute atomic E-state index is 0.399. The number of aryl methyl sites for hydroxylation is 2. The highest BCUT2D eigenvalue weighted by Gasteiger charge is 2.13. The lowest BCUT2D eigenvalue weighted by atomic mass is 10.2. The van der Waals surface area contributed by atoms with Crippen LogP contribution in [0.15, 0.2) is 30.3 Å². The highest BCUT2D eigenvalue weighted by molar-refractivity contribution is 5.59. The van der Waals surface area contributed by atoms with E-state index in [4.69, 9.17) is 4.98 Å². The molecule has 0 radical (unpaired) electrons. The Morgan fingerprint density at radius 1 is 1.14 bits per heavy atom. The summed E-state index contributed by atoms with van der Waals surface area (Å²) in [5, 5.41) is 3.44. The van der Waals surface area contributed by atoms with Crippen molar-refractivity contribution in [3.8, 4) is 0 Å². The first-order valence-electron chi connectivity index (χ1n) is 8.00. The molecule has 1 heterocycles. The third-order valence-electron chi connectivity index (χ3n) is 3.72. The summed E-state index contributed by atoms with van der Waals surface area (Å²) in [5.41, 5.74) is 3.34. The zero-order chi connectivity index (χ0) is 16.1. The predicted octanol–water partition coefficient (Wildman–Crippen LogP) is 4.46. The van der Waals surface area contributed by atoms with Crippen LogP contribution in [0.2, 0.25) is 0 Å². The molecule has 22 heavy (non-hydrogen) atoms. The molecule has 1 aromatic carbocycles. The Morgan fingerprint density at radius 3 is 2.55 bits per heavy atom. The lowest BCUT2D eigenvalue weighted by Crippen LogP contribution is -2.21. The molecule has 0 spiro atoms. The van der Waals surface area contributed by atoms with Crippen LogP contribution in [-0.4, -0.2) is 22.6 Å². The molecule has 0 saturated carbocycles. The van der Waals surface area contributed by atoms with Crippen LogP contribution in [0.5, 0.6) is 0 Å². The fourth-order valence-electron chi connectivity index (χ4n) is 2.34. The summed E-state index contributed by atoms with van der Waals surface area (Å²) in [6, 6.07) is 10.8. The first-order chi connectivity index (χ1) is 10.5. The van der Waals surface area contributed by atoms with Crippen molar-refractivity contribution in [2.45, 2.75) is 47.1 Å². The Hall–Kier alpha value is -2.10. The van der Waals surface area contributed by atoms with Gasteiger partial charge >= 0.3 is 0 Å². The smallest absolute Gasteiger partial charge is 0.232 e. The molecule has 0 saturated heterocycles. The van der Waals surface area contributed by atoms with Crippen molar-refractivity contribution >= 4 is 17.5 Å². The quantitative estimate of drug-likeness (QED) is 0.854. The van der Waals surface area contributed by atoms with Crippen LogP contribution >= 0.6 is 0 Å². The van der Waals surface area contributed by atoms with Crippen LogP contribution in [0.1, 0.15) is 38.4 Å². The maximum Gasteiger partial charge on any atom is 0.232 e. The van der Waals surface area contributed by atoms with Gasteiger partial charge in [0.15, 0.2) is 0 Å². The molecule has 4 heteroatoms. The molecule has 2 aromatic rings. The van der Waals surface area contributed by atoms with Crippen LogP contribution in [0.4, 0.5) is 17.5 Å². The van der Waals surface area contributed by atoms with Crippen LogP contribution in [0.3, 0.4) is 0 Å². The molecule has 0 fully saturated rings. The van der Waals surface area contributed by atoms with Gasteiger partial charge in [-0.15, -0.1) is 0 Å². The summed E-state index contributed by atoms with van der Waals surface area (Å²) in [4.78, 5) is 11.5. The molecule has 2 rings (SSSR count). The number of benzene rings is 1. The fraction of sp³-hybridized carbons (Fsp3) is 0.444. The van der Waals surface area contributed by atoms with Gasteiger partial charge in [0.1, 0.15) is 5.82 Å².